The molecule has 3 aromatic heterocycles. The molecule has 10 heteroatoms. The molecule has 10 nitrogen and oxygen atoms in total. The Kier molecular flexibility index (Phi) is 4.85. The van der Waals surface area contributed by atoms with Crippen LogP contribution in [0.1, 0.15) is 42.7 Å². The van der Waals surface area contributed by atoms with Crippen LogP contribution in [0.25, 0.3) is 11.0 Å². The number of aryl methyl sites for hydroxylation is 2. The summed E-state index contributed by atoms with van der Waals surface area (Å²) in [5.74, 6) is -0.110. The molecule has 0 radical (unpaired) electrons. The number of fused-ring (bicyclic) bond motifs is 1. The van der Waals surface area contributed by atoms with Gasteiger partial charge in [-0.1, -0.05) is 12.1 Å². The Labute approximate surface area is 166 Å². The monoisotopic (exact) mass is 399 g/mol. The molecule has 1 aliphatic heterocycles. The summed E-state index contributed by atoms with van der Waals surface area (Å²) in [6.07, 6.45) is 5.87. The van der Waals surface area contributed by atoms with Crippen molar-refractivity contribution in [3.63, 3.8) is 0 Å². The Hall–Kier alpha value is -3.17. The second-order valence-electron chi connectivity index (χ2n) is 7.53. The molecular formula is C19H25N7O3. The molecular weight excluding hydrogens is 374 g/mol. The van der Waals surface area contributed by atoms with Crippen molar-refractivity contribution < 1.29 is 4.79 Å². The smallest absolute Gasteiger partial charge is 0.332 e. The fraction of sp³-hybridized carbons (Fsp3) is 0.526. The van der Waals surface area contributed by atoms with Gasteiger partial charge in [0.2, 0.25) is 0 Å². The van der Waals surface area contributed by atoms with Gasteiger partial charge >= 0.3 is 5.69 Å². The average molecular weight is 399 g/mol. The summed E-state index contributed by atoms with van der Waals surface area (Å²) >= 11 is 0. The molecule has 0 saturated carbocycles. The lowest BCUT2D eigenvalue weighted by Gasteiger charge is -2.32. The van der Waals surface area contributed by atoms with E-state index in [0.717, 1.165) is 23.8 Å². The Morgan fingerprint density at radius 3 is 2.52 bits per heavy atom. The molecule has 1 aliphatic rings. The van der Waals surface area contributed by atoms with Crippen LogP contribution < -0.4 is 11.2 Å². The van der Waals surface area contributed by atoms with Crippen LogP contribution in [0.5, 0.6) is 0 Å². The number of piperidine rings is 1. The van der Waals surface area contributed by atoms with Crippen LogP contribution in [-0.4, -0.2) is 52.6 Å². The lowest BCUT2D eigenvalue weighted by molar-refractivity contribution is 0.0678. The fourth-order valence-corrected chi connectivity index (χ4v) is 4.18. The van der Waals surface area contributed by atoms with Crippen LogP contribution in [0.2, 0.25) is 0 Å². The van der Waals surface area contributed by atoms with E-state index in [-0.39, 0.29) is 17.5 Å². The topological polar surface area (TPSA) is 100.0 Å². The van der Waals surface area contributed by atoms with E-state index in [9.17, 15) is 14.4 Å². The van der Waals surface area contributed by atoms with Gasteiger partial charge in [-0.15, -0.1) is 5.10 Å². The molecule has 29 heavy (non-hydrogen) atoms. The van der Waals surface area contributed by atoms with E-state index in [0.29, 0.717) is 36.4 Å². The van der Waals surface area contributed by atoms with Crippen molar-refractivity contribution in [2.24, 2.45) is 14.1 Å². The third kappa shape index (κ3) is 3.08. The highest BCUT2D eigenvalue weighted by Crippen LogP contribution is 2.24. The normalized spacial score (nSPS) is 15.3. The third-order valence-corrected chi connectivity index (χ3v) is 5.73. The Balaban J connectivity index is 1.70. The highest BCUT2D eigenvalue weighted by Gasteiger charge is 2.28. The lowest BCUT2D eigenvalue weighted by Crippen LogP contribution is -2.40. The van der Waals surface area contributed by atoms with E-state index in [1.807, 2.05) is 27.3 Å². The van der Waals surface area contributed by atoms with Crippen LogP contribution in [0, 0.1) is 0 Å². The molecule has 4 heterocycles. The summed E-state index contributed by atoms with van der Waals surface area (Å²) in [7, 11) is 3.09. The minimum atomic E-state index is -0.398. The summed E-state index contributed by atoms with van der Waals surface area (Å²) in [6.45, 7) is 3.77. The molecule has 0 bridgehead atoms. The maximum absolute atomic E-state index is 13.3. The summed E-state index contributed by atoms with van der Waals surface area (Å²) in [4.78, 5) is 40.2. The minimum absolute atomic E-state index is 0.110. The second kappa shape index (κ2) is 7.34. The summed E-state index contributed by atoms with van der Waals surface area (Å²) in [5.41, 5.74) is 0.183. The number of hydrogen-bond acceptors (Lipinski definition) is 5. The molecule has 0 spiro atoms. The van der Waals surface area contributed by atoms with Gasteiger partial charge in [-0.2, -0.15) is 0 Å². The number of rotatable bonds is 4. The van der Waals surface area contributed by atoms with Crippen molar-refractivity contribution in [2.45, 2.75) is 38.8 Å². The van der Waals surface area contributed by atoms with Gasteiger partial charge in [0.15, 0.2) is 0 Å². The van der Waals surface area contributed by atoms with Crippen molar-refractivity contribution in [1.29, 1.82) is 0 Å². The standard InChI is InChI=1S/C19H25N7O3/c1-4-8-25-15(12-14-16(25)22(2)19(29)23(3)17(14)27)18(28)24-9-5-13(6-10-24)26-11-7-20-21-26/h7,11-13H,4-6,8-10H2,1-3H3. The zero-order valence-corrected chi connectivity index (χ0v) is 16.9. The van der Waals surface area contributed by atoms with Gasteiger partial charge in [0.05, 0.1) is 17.6 Å². The van der Waals surface area contributed by atoms with Crippen LogP contribution in [0.15, 0.2) is 28.0 Å². The molecule has 1 fully saturated rings. The zero-order valence-electron chi connectivity index (χ0n) is 16.9. The quantitative estimate of drug-likeness (QED) is 0.637. The van der Waals surface area contributed by atoms with E-state index in [1.54, 1.807) is 19.3 Å². The van der Waals surface area contributed by atoms with Gasteiger partial charge in [-0.3, -0.25) is 18.7 Å². The zero-order chi connectivity index (χ0) is 20.7. The molecule has 0 atom stereocenters. The van der Waals surface area contributed by atoms with Gasteiger partial charge in [-0.25, -0.2) is 9.48 Å². The van der Waals surface area contributed by atoms with Crippen molar-refractivity contribution in [3.05, 3.63) is 45.0 Å². The Bertz CT molecular complexity index is 1160. The molecule has 1 amide bonds. The number of nitrogens with zero attached hydrogens (tertiary/aromatic N) is 7. The Morgan fingerprint density at radius 1 is 1.17 bits per heavy atom. The number of amides is 1. The average Bonchev–Trinajstić information content (AvgIpc) is 3.39. The number of carbonyl (C=O) groups is 1. The van der Waals surface area contributed by atoms with E-state index in [2.05, 4.69) is 10.3 Å². The van der Waals surface area contributed by atoms with Gasteiger partial charge in [0, 0.05) is 39.9 Å². The summed E-state index contributed by atoms with van der Waals surface area (Å²) in [6, 6.07) is 1.87. The van der Waals surface area contributed by atoms with Crippen molar-refractivity contribution >= 4 is 16.9 Å². The van der Waals surface area contributed by atoms with Gasteiger partial charge in [0.25, 0.3) is 11.5 Å². The van der Waals surface area contributed by atoms with E-state index < -0.39 is 5.69 Å². The molecule has 4 rings (SSSR count). The van der Waals surface area contributed by atoms with E-state index >= 15 is 0 Å². The first kappa shape index (κ1) is 19.2. The summed E-state index contributed by atoms with van der Waals surface area (Å²) in [5, 5.41) is 8.31. The first-order valence-electron chi connectivity index (χ1n) is 9.88. The number of aromatic nitrogens is 6. The molecule has 154 valence electrons. The highest BCUT2D eigenvalue weighted by molar-refractivity contribution is 5.98. The fourth-order valence-electron chi connectivity index (χ4n) is 4.18. The minimum Gasteiger partial charge on any atom is -0.337 e. The molecule has 3 aromatic rings. The summed E-state index contributed by atoms with van der Waals surface area (Å²) < 4.78 is 6.18. The highest BCUT2D eigenvalue weighted by atomic mass is 16.2. The van der Waals surface area contributed by atoms with Crippen LogP contribution in [-0.2, 0) is 20.6 Å². The molecule has 0 aliphatic carbocycles. The molecule has 1 saturated heterocycles. The number of hydrogen-bond donors (Lipinski definition) is 0. The lowest BCUT2D eigenvalue weighted by atomic mass is 10.0. The van der Waals surface area contributed by atoms with Gasteiger partial charge in [-0.05, 0) is 25.3 Å². The first-order valence-corrected chi connectivity index (χ1v) is 9.88. The number of likely N-dealkylation sites (tertiary alicyclic amines) is 1. The van der Waals surface area contributed by atoms with Crippen molar-refractivity contribution in [3.8, 4) is 0 Å². The van der Waals surface area contributed by atoms with Crippen LogP contribution in [0.4, 0.5) is 0 Å². The SMILES string of the molecule is CCCn1c(C(=O)N2CCC(n3ccnn3)CC2)cc2c(=O)n(C)c(=O)n(C)c21. The van der Waals surface area contributed by atoms with E-state index in [1.165, 1.54) is 11.6 Å². The molecule has 0 N–H and O–H groups in total. The maximum atomic E-state index is 13.3. The second-order valence-corrected chi connectivity index (χ2v) is 7.53. The predicted molar refractivity (Wildman–Crippen MR) is 107 cm³/mol. The Morgan fingerprint density at radius 2 is 1.90 bits per heavy atom. The van der Waals surface area contributed by atoms with E-state index in [4.69, 9.17) is 0 Å². The largest absolute Gasteiger partial charge is 0.337 e. The van der Waals surface area contributed by atoms with Crippen LogP contribution >= 0.6 is 0 Å². The van der Waals surface area contributed by atoms with Crippen LogP contribution in [0.3, 0.4) is 0 Å². The van der Waals surface area contributed by atoms with Gasteiger partial charge < -0.3 is 9.47 Å². The van der Waals surface area contributed by atoms with Crippen molar-refractivity contribution in [1.82, 2.24) is 33.6 Å². The number of carbonyl (C=O) groups excluding carboxylic acids is 1. The maximum Gasteiger partial charge on any atom is 0.332 e. The first-order chi connectivity index (χ1) is 13.9. The van der Waals surface area contributed by atoms with Gasteiger partial charge in [0.1, 0.15) is 11.3 Å². The predicted octanol–water partition coefficient (Wildman–Crippen LogP) is 0.517. The van der Waals surface area contributed by atoms with Crippen molar-refractivity contribution in [2.75, 3.05) is 13.1 Å². The molecule has 0 aromatic carbocycles. The molecule has 0 unspecified atom stereocenters. The third-order valence-electron chi connectivity index (χ3n) is 5.73.